The number of nitrogens with two attached hydrogens (primary N) is 1. The molecule has 10 nitrogen and oxygen atoms in total. The predicted octanol–water partition coefficient (Wildman–Crippen LogP) is 4.85. The van der Waals surface area contributed by atoms with E-state index in [0.717, 1.165) is 48.9 Å². The van der Waals surface area contributed by atoms with E-state index in [1.54, 1.807) is 24.5 Å². The largest absolute Gasteiger partial charge is 0.668 e. The van der Waals surface area contributed by atoms with Crippen molar-refractivity contribution in [3.63, 3.8) is 0 Å². The number of aromatic hydroxyl groups is 1. The summed E-state index contributed by atoms with van der Waals surface area (Å²) in [5, 5.41) is 53.4. The summed E-state index contributed by atoms with van der Waals surface area (Å²) in [5.41, 5.74) is 8.68. The quantitative estimate of drug-likeness (QED) is 0.0951. The minimum Gasteiger partial charge on any atom is -0.668 e. The van der Waals surface area contributed by atoms with Gasteiger partial charge in [0.15, 0.2) is 11.5 Å². The molecule has 2 aliphatic carbocycles. The average Bonchev–Trinajstić information content (AvgIpc) is 3.58. The first kappa shape index (κ1) is 38.4. The van der Waals surface area contributed by atoms with Gasteiger partial charge in [0.1, 0.15) is 11.9 Å². The number of allylic oxidation sites excluding steroid dienone is 2. The lowest BCUT2D eigenvalue weighted by molar-refractivity contribution is -0.0602. The lowest BCUT2D eigenvalue weighted by atomic mass is 9.79. The Bertz CT molecular complexity index is 1590. The van der Waals surface area contributed by atoms with E-state index in [0.29, 0.717) is 31.0 Å². The Morgan fingerprint density at radius 2 is 1.90 bits per heavy atom. The molecule has 0 radical (unpaired) electrons. The Hall–Kier alpha value is -3.85. The van der Waals surface area contributed by atoms with Crippen LogP contribution in [0.1, 0.15) is 86.9 Å². The molecule has 9 unspecified atom stereocenters. The van der Waals surface area contributed by atoms with Crippen LogP contribution < -0.4 is 15.5 Å². The first-order valence-electron chi connectivity index (χ1n) is 18.5. The van der Waals surface area contributed by atoms with Gasteiger partial charge in [-0.3, -0.25) is 0 Å². The summed E-state index contributed by atoms with van der Waals surface area (Å²) in [6.45, 7) is 2.05. The van der Waals surface area contributed by atoms with Gasteiger partial charge in [-0.2, -0.15) is 11.9 Å². The van der Waals surface area contributed by atoms with Gasteiger partial charge in [0.25, 0.3) is 0 Å². The Labute approximate surface area is 301 Å². The topological polar surface area (TPSA) is 173 Å². The molecule has 51 heavy (non-hydrogen) atoms. The van der Waals surface area contributed by atoms with E-state index in [1.807, 2.05) is 30.3 Å². The van der Waals surface area contributed by atoms with Crippen LogP contribution in [0.2, 0.25) is 0 Å². The summed E-state index contributed by atoms with van der Waals surface area (Å²) >= 11 is 0. The molecule has 7 N–H and O–H groups in total. The first-order chi connectivity index (χ1) is 24.8. The van der Waals surface area contributed by atoms with Crippen molar-refractivity contribution < 1.29 is 35.0 Å². The average molecular weight is 701 g/mol. The highest BCUT2D eigenvalue weighted by atomic mass is 16.5. The van der Waals surface area contributed by atoms with Gasteiger partial charge >= 0.3 is 0 Å². The summed E-state index contributed by atoms with van der Waals surface area (Å²) < 4.78 is 12.6. The lowest BCUT2D eigenvalue weighted by Crippen LogP contribution is -2.39. The highest BCUT2D eigenvalue weighted by Crippen LogP contribution is 2.40. The molecule has 9 atom stereocenters. The van der Waals surface area contributed by atoms with E-state index in [9.17, 15) is 25.5 Å². The highest BCUT2D eigenvalue weighted by Gasteiger charge is 2.38. The second-order valence-corrected chi connectivity index (χ2v) is 14.0. The fourth-order valence-electron chi connectivity index (χ4n) is 7.57. The van der Waals surface area contributed by atoms with Crippen LogP contribution in [0.25, 0.3) is 0 Å². The summed E-state index contributed by atoms with van der Waals surface area (Å²) in [6.07, 6.45) is 11.0. The van der Waals surface area contributed by atoms with Crippen molar-refractivity contribution in [2.24, 2.45) is 17.8 Å². The predicted molar refractivity (Wildman–Crippen MR) is 196 cm³/mol. The molecule has 10 heteroatoms. The van der Waals surface area contributed by atoms with Gasteiger partial charge in [-0.15, -0.1) is 0 Å². The lowest BCUT2D eigenvalue weighted by Gasteiger charge is -2.34. The number of nitrogens with zero attached hydrogens (tertiary/aromatic N) is 2. The van der Waals surface area contributed by atoms with E-state index in [1.165, 1.54) is 0 Å². The van der Waals surface area contributed by atoms with Crippen LogP contribution in [0.3, 0.4) is 0 Å². The van der Waals surface area contributed by atoms with Crippen LogP contribution in [0.5, 0.6) is 11.5 Å². The normalized spacial score (nSPS) is 25.4. The van der Waals surface area contributed by atoms with E-state index in [2.05, 4.69) is 40.9 Å². The zero-order valence-corrected chi connectivity index (χ0v) is 29.6. The Balaban J connectivity index is 1.43. The molecule has 0 amide bonds. The van der Waals surface area contributed by atoms with Crippen LogP contribution >= 0.6 is 0 Å². The fraction of sp³-hybridized carbons (Fsp3) is 0.537. The fourth-order valence-corrected chi connectivity index (χ4v) is 7.57. The minimum atomic E-state index is -1.03. The number of hydrogen-bond donors (Lipinski definition) is 6. The van der Waals surface area contributed by atoms with Gasteiger partial charge in [-0.25, -0.2) is 4.98 Å². The molecule has 276 valence electrons. The number of anilines is 1. The van der Waals surface area contributed by atoms with Crippen LogP contribution in [-0.4, -0.2) is 74.8 Å². The molecule has 0 bridgehead atoms. The molecule has 2 aliphatic rings. The third-order valence-corrected chi connectivity index (χ3v) is 10.4. The van der Waals surface area contributed by atoms with Crippen molar-refractivity contribution in [2.45, 2.75) is 101 Å². The van der Waals surface area contributed by atoms with Gasteiger partial charge in [0, 0.05) is 42.9 Å². The zero-order valence-electron chi connectivity index (χ0n) is 29.6. The number of phenols is 1. The summed E-state index contributed by atoms with van der Waals surface area (Å²) in [6, 6.07) is 12.7. The number of rotatable bonds is 15. The second-order valence-electron chi connectivity index (χ2n) is 14.0. The SMILES string of the molecule is CCC1C#CC2C=CC(c3ccc(O)c(OC(CC(Cc4ccc[n-]4)c4ccnc(N)c4)C(O)CCO)c3)CC(O)C2C(OCCO)CCCC1. The minimum absolute atomic E-state index is 0.0800. The number of nitrogen functional groups attached to an aromatic ring is 1. The number of pyridine rings is 1. The summed E-state index contributed by atoms with van der Waals surface area (Å²) in [7, 11) is 0. The van der Waals surface area contributed by atoms with E-state index >= 15 is 0 Å². The number of benzene rings is 1. The van der Waals surface area contributed by atoms with Gasteiger partial charge in [0.05, 0.1) is 31.5 Å². The highest BCUT2D eigenvalue weighted by molar-refractivity contribution is 5.44. The monoisotopic (exact) mass is 700 g/mol. The van der Waals surface area contributed by atoms with Crippen molar-refractivity contribution in [2.75, 3.05) is 25.6 Å². The number of hydrogen-bond acceptors (Lipinski definition) is 9. The van der Waals surface area contributed by atoms with Crippen molar-refractivity contribution in [3.8, 4) is 23.3 Å². The van der Waals surface area contributed by atoms with Gasteiger partial charge in [0.2, 0.25) is 0 Å². The molecule has 3 aromatic rings. The second kappa shape index (κ2) is 19.1. The molecule has 2 heterocycles. The first-order valence-corrected chi connectivity index (χ1v) is 18.5. The molecule has 0 spiro atoms. The van der Waals surface area contributed by atoms with Crippen molar-refractivity contribution in [1.29, 1.82) is 0 Å². The summed E-state index contributed by atoms with van der Waals surface area (Å²) in [4.78, 5) is 8.60. The number of fused-ring (bicyclic) bond motifs is 1. The molecular weight excluding hydrogens is 646 g/mol. The van der Waals surface area contributed by atoms with Crippen molar-refractivity contribution >= 4 is 5.82 Å². The number of aliphatic hydroxyl groups is 4. The molecule has 1 aromatic carbocycles. The molecule has 0 aliphatic heterocycles. The Kier molecular flexibility index (Phi) is 14.4. The van der Waals surface area contributed by atoms with Crippen LogP contribution in [-0.2, 0) is 11.2 Å². The van der Waals surface area contributed by atoms with Gasteiger partial charge in [-0.1, -0.05) is 62.0 Å². The van der Waals surface area contributed by atoms with E-state index in [-0.39, 0.29) is 67.5 Å². The standard InChI is InChI=1S/C41H54N3O7/c1-2-27-6-3-4-8-37(50-21-20-46)41-28(10-9-27)11-12-29(23-36(41)49)30-13-14-34(47)38(24-30)51-39(35(48)16-19-45)25-32(22-33-7-5-17-43-33)31-15-18-44-40(42)26-31/h5,7,11-15,17-18,24,26-29,32,35-37,39,41,45-49H,2-4,6,8,16,19-23,25H2,1H3,(H2,42,44)/q-1. The number of phenolic OH excluding ortho intramolecular Hbond substituents is 1. The van der Waals surface area contributed by atoms with Gasteiger partial charge < -0.3 is 45.7 Å². The maximum absolute atomic E-state index is 11.8. The molecule has 0 saturated heterocycles. The third kappa shape index (κ3) is 10.6. The van der Waals surface area contributed by atoms with Crippen LogP contribution in [0.4, 0.5) is 5.82 Å². The maximum atomic E-state index is 11.8. The number of aromatic nitrogens is 2. The smallest absolute Gasteiger partial charge is 0.161 e. The number of aliphatic hydroxyl groups excluding tert-OH is 4. The zero-order chi connectivity index (χ0) is 36.2. The third-order valence-electron chi connectivity index (χ3n) is 10.4. The molecule has 0 saturated carbocycles. The molecule has 5 rings (SSSR count). The van der Waals surface area contributed by atoms with Crippen LogP contribution in [0, 0.1) is 29.6 Å². The molecule has 2 aromatic heterocycles. The maximum Gasteiger partial charge on any atom is 0.161 e. The van der Waals surface area contributed by atoms with Gasteiger partial charge in [-0.05, 0) is 79.8 Å². The summed E-state index contributed by atoms with van der Waals surface area (Å²) in [5.74, 6) is 6.96. The van der Waals surface area contributed by atoms with E-state index < -0.39 is 18.3 Å². The Morgan fingerprint density at radius 3 is 2.65 bits per heavy atom. The number of ether oxygens (including phenoxy) is 2. The molecule has 0 fully saturated rings. The van der Waals surface area contributed by atoms with Crippen LogP contribution in [0.15, 0.2) is 67.0 Å². The van der Waals surface area contributed by atoms with Crippen molar-refractivity contribution in [1.82, 2.24) is 9.97 Å². The van der Waals surface area contributed by atoms with Crippen molar-refractivity contribution in [3.05, 3.63) is 83.8 Å². The van der Waals surface area contributed by atoms with E-state index in [4.69, 9.17) is 15.2 Å². The Morgan fingerprint density at radius 1 is 1.06 bits per heavy atom. The molecular formula is C41H54N3O7-.